The van der Waals surface area contributed by atoms with E-state index in [0.29, 0.717) is 4.83 Å². The van der Waals surface area contributed by atoms with Crippen molar-refractivity contribution in [3.05, 3.63) is 35.4 Å². The Hall–Kier alpha value is -0.300. The molecule has 2 atom stereocenters. The van der Waals surface area contributed by atoms with Gasteiger partial charge in [0.25, 0.3) is 0 Å². The molecule has 0 saturated carbocycles. The fourth-order valence-corrected chi connectivity index (χ4v) is 3.06. The molecule has 13 heavy (non-hydrogen) atoms. The molecule has 0 aromatic heterocycles. The van der Waals surface area contributed by atoms with E-state index in [1.165, 1.54) is 12.0 Å². The summed E-state index contributed by atoms with van der Waals surface area (Å²) >= 11 is 3.75. The Morgan fingerprint density at radius 3 is 2.46 bits per heavy atom. The van der Waals surface area contributed by atoms with E-state index in [-0.39, 0.29) is 0 Å². The first-order chi connectivity index (χ1) is 6.20. The normalized spacial score (nSPS) is 26.5. The summed E-state index contributed by atoms with van der Waals surface area (Å²) in [6, 6.07) is 8.81. The molecule has 0 radical (unpaired) electrons. The van der Waals surface area contributed by atoms with E-state index in [9.17, 15) is 0 Å². The number of rotatable bonds is 1. The number of fused-ring (bicyclic) bond motifs is 1. The van der Waals surface area contributed by atoms with Gasteiger partial charge < -0.3 is 0 Å². The SMILES string of the molecule is CC(C)C1CC(Br)c2ccccc21. The van der Waals surface area contributed by atoms with Crippen molar-refractivity contribution >= 4 is 15.9 Å². The van der Waals surface area contributed by atoms with Crippen molar-refractivity contribution in [3.8, 4) is 0 Å². The molecule has 1 aromatic carbocycles. The van der Waals surface area contributed by atoms with Gasteiger partial charge >= 0.3 is 0 Å². The zero-order valence-electron chi connectivity index (χ0n) is 8.13. The molecule has 0 amide bonds. The molecule has 0 N–H and O–H groups in total. The van der Waals surface area contributed by atoms with Gasteiger partial charge in [-0.15, -0.1) is 0 Å². The van der Waals surface area contributed by atoms with Gasteiger partial charge in [-0.2, -0.15) is 0 Å². The van der Waals surface area contributed by atoms with Crippen LogP contribution in [0.3, 0.4) is 0 Å². The number of halogens is 1. The Labute approximate surface area is 88.5 Å². The van der Waals surface area contributed by atoms with Crippen LogP contribution >= 0.6 is 15.9 Å². The van der Waals surface area contributed by atoms with Crippen molar-refractivity contribution in [3.63, 3.8) is 0 Å². The van der Waals surface area contributed by atoms with Crippen LogP contribution in [0.5, 0.6) is 0 Å². The van der Waals surface area contributed by atoms with Crippen molar-refractivity contribution in [2.24, 2.45) is 5.92 Å². The molecule has 1 aromatic rings. The lowest BCUT2D eigenvalue weighted by Gasteiger charge is -2.15. The molecule has 0 bridgehead atoms. The van der Waals surface area contributed by atoms with Crippen LogP contribution in [0.2, 0.25) is 0 Å². The van der Waals surface area contributed by atoms with Gasteiger partial charge in [0.1, 0.15) is 0 Å². The molecule has 0 heterocycles. The zero-order valence-corrected chi connectivity index (χ0v) is 9.71. The summed E-state index contributed by atoms with van der Waals surface area (Å²) in [4.78, 5) is 0.580. The molecule has 0 aliphatic heterocycles. The summed E-state index contributed by atoms with van der Waals surface area (Å²) in [7, 11) is 0. The molecule has 2 rings (SSSR count). The summed E-state index contributed by atoms with van der Waals surface area (Å²) in [5.41, 5.74) is 3.06. The van der Waals surface area contributed by atoms with E-state index in [2.05, 4.69) is 54.0 Å². The monoisotopic (exact) mass is 238 g/mol. The van der Waals surface area contributed by atoms with E-state index in [1.807, 2.05) is 0 Å². The lowest BCUT2D eigenvalue weighted by molar-refractivity contribution is 0.495. The third-order valence-electron chi connectivity index (χ3n) is 3.00. The predicted molar refractivity (Wildman–Crippen MR) is 60.3 cm³/mol. The van der Waals surface area contributed by atoms with E-state index in [0.717, 1.165) is 11.8 Å². The highest BCUT2D eigenvalue weighted by molar-refractivity contribution is 9.09. The molecular formula is C12H15Br. The summed E-state index contributed by atoms with van der Waals surface area (Å²) in [5.74, 6) is 1.50. The molecule has 0 nitrogen and oxygen atoms in total. The van der Waals surface area contributed by atoms with Crippen LogP contribution < -0.4 is 0 Å². The minimum absolute atomic E-state index is 0.580. The number of hydrogen-bond acceptors (Lipinski definition) is 0. The lowest BCUT2D eigenvalue weighted by Crippen LogP contribution is -2.01. The number of benzene rings is 1. The largest absolute Gasteiger partial charge is 0.0838 e. The smallest absolute Gasteiger partial charge is 0.0404 e. The fraction of sp³-hybridized carbons (Fsp3) is 0.500. The first kappa shape index (κ1) is 9.26. The van der Waals surface area contributed by atoms with Crippen LogP contribution in [-0.2, 0) is 0 Å². The summed E-state index contributed by atoms with van der Waals surface area (Å²) in [5, 5.41) is 0. The highest BCUT2D eigenvalue weighted by Gasteiger charge is 2.30. The Bertz CT molecular complexity index is 304. The van der Waals surface area contributed by atoms with Crippen LogP contribution in [0.4, 0.5) is 0 Å². The van der Waals surface area contributed by atoms with Gasteiger partial charge in [-0.25, -0.2) is 0 Å². The topological polar surface area (TPSA) is 0 Å². The van der Waals surface area contributed by atoms with Gasteiger partial charge in [0.05, 0.1) is 0 Å². The van der Waals surface area contributed by atoms with Gasteiger partial charge in [-0.1, -0.05) is 54.0 Å². The average Bonchev–Trinajstić information content (AvgIpc) is 2.45. The summed E-state index contributed by atoms with van der Waals surface area (Å²) in [6.07, 6.45) is 1.26. The molecule has 1 heteroatoms. The van der Waals surface area contributed by atoms with Gasteiger partial charge in [0.15, 0.2) is 0 Å². The number of alkyl halides is 1. The first-order valence-electron chi connectivity index (χ1n) is 4.93. The Balaban J connectivity index is 2.41. The van der Waals surface area contributed by atoms with E-state index in [1.54, 1.807) is 5.56 Å². The predicted octanol–water partition coefficient (Wildman–Crippen LogP) is 4.27. The molecule has 0 saturated heterocycles. The van der Waals surface area contributed by atoms with Gasteiger partial charge in [0, 0.05) is 4.83 Å². The van der Waals surface area contributed by atoms with Crippen LogP contribution in [0, 0.1) is 5.92 Å². The second-order valence-electron chi connectivity index (χ2n) is 4.18. The van der Waals surface area contributed by atoms with E-state index in [4.69, 9.17) is 0 Å². The molecule has 70 valence electrons. The first-order valence-corrected chi connectivity index (χ1v) is 5.84. The summed E-state index contributed by atoms with van der Waals surface area (Å²) < 4.78 is 0. The Morgan fingerprint density at radius 1 is 1.23 bits per heavy atom. The zero-order chi connectivity index (χ0) is 9.42. The number of hydrogen-bond donors (Lipinski definition) is 0. The standard InChI is InChI=1S/C12H15Br/c1-8(2)11-7-12(13)10-6-4-3-5-9(10)11/h3-6,8,11-12H,7H2,1-2H3. The highest BCUT2D eigenvalue weighted by Crippen LogP contribution is 2.47. The van der Waals surface area contributed by atoms with Gasteiger partial charge in [-0.3, -0.25) is 0 Å². The van der Waals surface area contributed by atoms with Gasteiger partial charge in [-0.05, 0) is 29.4 Å². The van der Waals surface area contributed by atoms with E-state index < -0.39 is 0 Å². The van der Waals surface area contributed by atoms with Crippen molar-refractivity contribution in [2.45, 2.75) is 31.0 Å². The Kier molecular flexibility index (Phi) is 2.46. The van der Waals surface area contributed by atoms with Crippen LogP contribution in [0.1, 0.15) is 42.1 Å². The second-order valence-corrected chi connectivity index (χ2v) is 5.29. The van der Waals surface area contributed by atoms with Crippen LogP contribution in [0.25, 0.3) is 0 Å². The molecule has 2 unspecified atom stereocenters. The molecule has 0 spiro atoms. The quantitative estimate of drug-likeness (QED) is 0.642. The maximum absolute atomic E-state index is 3.75. The maximum atomic E-state index is 3.75. The third-order valence-corrected chi connectivity index (χ3v) is 3.87. The summed E-state index contributed by atoms with van der Waals surface area (Å²) in [6.45, 7) is 4.62. The van der Waals surface area contributed by atoms with Crippen LogP contribution in [0.15, 0.2) is 24.3 Å². The molecule has 1 aliphatic carbocycles. The highest BCUT2D eigenvalue weighted by atomic mass is 79.9. The second kappa shape index (κ2) is 3.45. The van der Waals surface area contributed by atoms with Gasteiger partial charge in [0.2, 0.25) is 0 Å². The minimum atomic E-state index is 0.580. The Morgan fingerprint density at radius 2 is 1.85 bits per heavy atom. The van der Waals surface area contributed by atoms with Crippen molar-refractivity contribution in [1.29, 1.82) is 0 Å². The van der Waals surface area contributed by atoms with Crippen LogP contribution in [-0.4, -0.2) is 0 Å². The fourth-order valence-electron chi connectivity index (χ4n) is 2.24. The lowest BCUT2D eigenvalue weighted by atomic mass is 9.90. The van der Waals surface area contributed by atoms with Crippen molar-refractivity contribution in [1.82, 2.24) is 0 Å². The molecule has 0 fully saturated rings. The third kappa shape index (κ3) is 1.54. The van der Waals surface area contributed by atoms with Crippen molar-refractivity contribution in [2.75, 3.05) is 0 Å². The van der Waals surface area contributed by atoms with E-state index >= 15 is 0 Å². The molecule has 1 aliphatic rings. The average molecular weight is 239 g/mol. The van der Waals surface area contributed by atoms with Crippen molar-refractivity contribution < 1.29 is 0 Å². The molecular weight excluding hydrogens is 224 g/mol. The minimum Gasteiger partial charge on any atom is -0.0838 e. The maximum Gasteiger partial charge on any atom is 0.0404 e.